The quantitative estimate of drug-likeness (QED) is 0.676. The van der Waals surface area contributed by atoms with Crippen molar-refractivity contribution in [2.24, 2.45) is 10.9 Å². The van der Waals surface area contributed by atoms with Crippen molar-refractivity contribution in [3.8, 4) is 0 Å². The van der Waals surface area contributed by atoms with E-state index in [-0.39, 0.29) is 0 Å². The van der Waals surface area contributed by atoms with Crippen molar-refractivity contribution in [1.82, 2.24) is 10.2 Å². The molecule has 2 atom stereocenters. The molecule has 23 heavy (non-hydrogen) atoms. The highest BCUT2D eigenvalue weighted by Gasteiger charge is 2.37. The Hall–Kier alpha value is -2.29. The molecular weight excluding hydrogens is 282 g/mol. The lowest BCUT2D eigenvalue weighted by Gasteiger charge is -2.22. The second kappa shape index (κ2) is 7.32. The summed E-state index contributed by atoms with van der Waals surface area (Å²) in [6.07, 6.45) is 1.27. The molecule has 0 radical (unpaired) electrons. The lowest BCUT2D eigenvalue weighted by Crippen LogP contribution is -2.39. The van der Waals surface area contributed by atoms with Crippen molar-refractivity contribution in [3.63, 3.8) is 0 Å². The van der Waals surface area contributed by atoms with E-state index >= 15 is 0 Å². The topological polar surface area (TPSA) is 27.6 Å². The zero-order valence-corrected chi connectivity index (χ0v) is 13.9. The standard InChI is InChI=1S/C20H25N3/c1-21-20(23(2)15-16-9-5-3-6-10-16)22-14-18-13-19(18)17-11-7-4-8-12-17/h3-12,18-19H,13-15H2,1-2H3,(H,21,22). The van der Waals surface area contributed by atoms with Crippen molar-refractivity contribution in [2.45, 2.75) is 18.9 Å². The molecule has 120 valence electrons. The van der Waals surface area contributed by atoms with Crippen LogP contribution >= 0.6 is 0 Å². The molecule has 0 saturated heterocycles. The Morgan fingerprint density at radius 1 is 1.09 bits per heavy atom. The van der Waals surface area contributed by atoms with Gasteiger partial charge in [0.15, 0.2) is 5.96 Å². The number of hydrogen-bond donors (Lipinski definition) is 1. The van der Waals surface area contributed by atoms with Crippen LogP contribution in [0.3, 0.4) is 0 Å². The average molecular weight is 307 g/mol. The Labute approximate surface area is 139 Å². The first-order valence-corrected chi connectivity index (χ1v) is 8.28. The minimum Gasteiger partial charge on any atom is -0.356 e. The second-order valence-electron chi connectivity index (χ2n) is 6.28. The first-order valence-electron chi connectivity index (χ1n) is 8.28. The zero-order valence-electron chi connectivity index (χ0n) is 13.9. The van der Waals surface area contributed by atoms with Gasteiger partial charge in [0.1, 0.15) is 0 Å². The molecule has 1 aliphatic carbocycles. The predicted octanol–water partition coefficient (Wildman–Crippen LogP) is 3.50. The van der Waals surface area contributed by atoms with E-state index in [1.807, 2.05) is 13.1 Å². The third-order valence-corrected chi connectivity index (χ3v) is 4.51. The van der Waals surface area contributed by atoms with Gasteiger partial charge in [-0.15, -0.1) is 0 Å². The Kier molecular flexibility index (Phi) is 4.96. The number of guanidine groups is 1. The van der Waals surface area contributed by atoms with Gasteiger partial charge in [-0.3, -0.25) is 4.99 Å². The lowest BCUT2D eigenvalue weighted by molar-refractivity contribution is 0.474. The van der Waals surface area contributed by atoms with Gasteiger partial charge in [-0.25, -0.2) is 0 Å². The molecule has 0 aromatic heterocycles. The van der Waals surface area contributed by atoms with Crippen molar-refractivity contribution >= 4 is 5.96 Å². The fourth-order valence-electron chi connectivity index (χ4n) is 3.12. The summed E-state index contributed by atoms with van der Waals surface area (Å²) < 4.78 is 0. The highest BCUT2D eigenvalue weighted by molar-refractivity contribution is 5.79. The van der Waals surface area contributed by atoms with Gasteiger partial charge >= 0.3 is 0 Å². The molecule has 3 rings (SSSR count). The summed E-state index contributed by atoms with van der Waals surface area (Å²) in [5, 5.41) is 3.53. The first-order chi connectivity index (χ1) is 11.3. The van der Waals surface area contributed by atoms with E-state index in [1.165, 1.54) is 17.5 Å². The van der Waals surface area contributed by atoms with Crippen molar-refractivity contribution in [2.75, 3.05) is 20.6 Å². The van der Waals surface area contributed by atoms with Crippen LogP contribution in [0.2, 0.25) is 0 Å². The fourth-order valence-corrected chi connectivity index (χ4v) is 3.12. The minimum atomic E-state index is 0.709. The third-order valence-electron chi connectivity index (χ3n) is 4.51. The number of aliphatic imine (C=N–C) groups is 1. The molecule has 0 bridgehead atoms. The average Bonchev–Trinajstić information content (AvgIpc) is 3.37. The lowest BCUT2D eigenvalue weighted by atomic mass is 10.1. The largest absolute Gasteiger partial charge is 0.356 e. The molecule has 2 unspecified atom stereocenters. The van der Waals surface area contributed by atoms with E-state index in [0.29, 0.717) is 5.92 Å². The van der Waals surface area contributed by atoms with Crippen LogP contribution < -0.4 is 5.32 Å². The number of benzene rings is 2. The van der Waals surface area contributed by atoms with Gasteiger partial charge in [-0.1, -0.05) is 60.7 Å². The molecule has 2 aromatic carbocycles. The van der Waals surface area contributed by atoms with E-state index in [1.54, 1.807) is 0 Å². The number of hydrogen-bond acceptors (Lipinski definition) is 1. The summed E-state index contributed by atoms with van der Waals surface area (Å²) in [5.41, 5.74) is 2.76. The highest BCUT2D eigenvalue weighted by Crippen LogP contribution is 2.46. The maximum absolute atomic E-state index is 4.41. The zero-order chi connectivity index (χ0) is 16.1. The molecule has 2 aromatic rings. The van der Waals surface area contributed by atoms with Crippen molar-refractivity contribution in [3.05, 3.63) is 71.8 Å². The summed E-state index contributed by atoms with van der Waals surface area (Å²) in [7, 11) is 3.94. The van der Waals surface area contributed by atoms with Gasteiger partial charge in [0.05, 0.1) is 0 Å². The minimum absolute atomic E-state index is 0.709. The molecule has 1 fully saturated rings. The fraction of sp³-hybridized carbons (Fsp3) is 0.350. The van der Waals surface area contributed by atoms with Crippen molar-refractivity contribution in [1.29, 1.82) is 0 Å². The molecule has 0 aliphatic heterocycles. The van der Waals surface area contributed by atoms with Gasteiger partial charge in [0.25, 0.3) is 0 Å². The van der Waals surface area contributed by atoms with E-state index in [2.05, 4.69) is 76.9 Å². The van der Waals surface area contributed by atoms with Crippen LogP contribution in [-0.2, 0) is 6.54 Å². The summed E-state index contributed by atoms with van der Waals surface area (Å²) in [6, 6.07) is 21.3. The predicted molar refractivity (Wildman–Crippen MR) is 96.6 cm³/mol. The Bertz CT molecular complexity index is 636. The molecular formula is C20H25N3. The summed E-state index contributed by atoms with van der Waals surface area (Å²) in [6.45, 7) is 1.86. The van der Waals surface area contributed by atoms with Crippen LogP contribution in [0.4, 0.5) is 0 Å². The number of rotatable bonds is 5. The molecule has 1 N–H and O–H groups in total. The van der Waals surface area contributed by atoms with Crippen LogP contribution in [-0.4, -0.2) is 31.5 Å². The third kappa shape index (κ3) is 4.13. The van der Waals surface area contributed by atoms with E-state index < -0.39 is 0 Å². The van der Waals surface area contributed by atoms with Gasteiger partial charge in [-0.05, 0) is 29.4 Å². The Morgan fingerprint density at radius 3 is 2.39 bits per heavy atom. The smallest absolute Gasteiger partial charge is 0.193 e. The number of nitrogens with one attached hydrogen (secondary N) is 1. The maximum Gasteiger partial charge on any atom is 0.193 e. The van der Waals surface area contributed by atoms with Crippen LogP contribution in [0.1, 0.15) is 23.5 Å². The van der Waals surface area contributed by atoms with Crippen LogP contribution in [0.25, 0.3) is 0 Å². The van der Waals surface area contributed by atoms with Crippen LogP contribution in [0, 0.1) is 5.92 Å². The van der Waals surface area contributed by atoms with Crippen LogP contribution in [0.5, 0.6) is 0 Å². The normalized spacial score (nSPS) is 20.2. The number of nitrogens with zero attached hydrogens (tertiary/aromatic N) is 2. The second-order valence-corrected chi connectivity index (χ2v) is 6.28. The molecule has 0 heterocycles. The van der Waals surface area contributed by atoms with Gasteiger partial charge in [0, 0.05) is 27.2 Å². The molecule has 0 spiro atoms. The SMILES string of the molecule is CN=C(NCC1CC1c1ccccc1)N(C)Cc1ccccc1. The first kappa shape index (κ1) is 15.6. The molecule has 3 nitrogen and oxygen atoms in total. The highest BCUT2D eigenvalue weighted by atomic mass is 15.3. The van der Waals surface area contributed by atoms with Crippen LogP contribution in [0.15, 0.2) is 65.7 Å². The van der Waals surface area contributed by atoms with Gasteiger partial charge in [-0.2, -0.15) is 0 Å². The summed E-state index contributed by atoms with van der Waals surface area (Å²) in [4.78, 5) is 6.59. The Balaban J connectivity index is 1.49. The molecule has 1 saturated carbocycles. The van der Waals surface area contributed by atoms with E-state index in [4.69, 9.17) is 0 Å². The summed E-state index contributed by atoms with van der Waals surface area (Å²) in [5.74, 6) is 2.40. The monoisotopic (exact) mass is 307 g/mol. The van der Waals surface area contributed by atoms with Gasteiger partial charge in [0.2, 0.25) is 0 Å². The van der Waals surface area contributed by atoms with E-state index in [0.717, 1.165) is 25.0 Å². The maximum atomic E-state index is 4.41. The molecule has 1 aliphatic rings. The van der Waals surface area contributed by atoms with Crippen molar-refractivity contribution < 1.29 is 0 Å². The molecule has 3 heteroatoms. The van der Waals surface area contributed by atoms with E-state index in [9.17, 15) is 0 Å². The Morgan fingerprint density at radius 2 is 1.74 bits per heavy atom. The summed E-state index contributed by atoms with van der Waals surface area (Å²) >= 11 is 0. The molecule has 0 amide bonds. The van der Waals surface area contributed by atoms with Gasteiger partial charge < -0.3 is 10.2 Å².